The molecule has 0 aliphatic carbocycles. The molecule has 1 fully saturated rings. The highest BCUT2D eigenvalue weighted by Gasteiger charge is 2.36. The van der Waals surface area contributed by atoms with Crippen molar-refractivity contribution < 1.29 is 0 Å². The molecule has 0 aromatic carbocycles. The summed E-state index contributed by atoms with van der Waals surface area (Å²) in [6.07, 6.45) is 5.98. The summed E-state index contributed by atoms with van der Waals surface area (Å²) in [5.74, 6) is 0.821. The molecule has 0 spiro atoms. The molecular weight excluding hydrogens is 207 g/mol. The van der Waals surface area contributed by atoms with Crippen LogP contribution in [0, 0.1) is 5.92 Å². The monoisotopic (exact) mass is 238 g/mol. The second kappa shape index (κ2) is 5.29. The molecule has 0 bridgehead atoms. The van der Waals surface area contributed by atoms with Crippen LogP contribution in [-0.4, -0.2) is 14.8 Å². The van der Waals surface area contributed by atoms with Gasteiger partial charge in [0, 0.05) is 8.07 Å². The quantitative estimate of drug-likeness (QED) is 0.563. The highest BCUT2D eigenvalue weighted by atomic mass is 28.3. The minimum Gasteiger partial charge on any atom is -0.0740 e. The maximum absolute atomic E-state index is 2.58. The van der Waals surface area contributed by atoms with Gasteiger partial charge in [0.2, 0.25) is 0 Å². The maximum Gasteiger partial charge on any atom is 0.146 e. The molecule has 0 aromatic rings. The van der Waals surface area contributed by atoms with E-state index in [1.807, 2.05) is 0 Å². The molecule has 1 heterocycles. The average Bonchev–Trinajstić information content (AvgIpc) is 2.11. The predicted molar refractivity (Wildman–Crippen MR) is 80.6 cm³/mol. The van der Waals surface area contributed by atoms with Crippen molar-refractivity contribution >= 4 is 14.8 Å². The van der Waals surface area contributed by atoms with E-state index in [-0.39, 0.29) is 0 Å². The van der Waals surface area contributed by atoms with Crippen molar-refractivity contribution in [2.45, 2.75) is 83.7 Å². The summed E-state index contributed by atoms with van der Waals surface area (Å²) in [5, 5.41) is 0.545. The molecule has 1 saturated heterocycles. The first kappa shape index (κ1) is 14.3. The Morgan fingerprint density at radius 1 is 1.00 bits per heavy atom. The van der Waals surface area contributed by atoms with Crippen LogP contribution in [0.1, 0.15) is 40.5 Å². The zero-order chi connectivity index (χ0) is 12.4. The van der Waals surface area contributed by atoms with Gasteiger partial charge in [0.05, 0.1) is 0 Å². The third-order valence-electron chi connectivity index (χ3n) is 5.35. The molecule has 0 nitrogen and oxygen atoms in total. The molecule has 0 amide bonds. The molecule has 0 N–H and O–H groups in total. The van der Waals surface area contributed by atoms with Gasteiger partial charge in [-0.25, -0.2) is 0 Å². The number of hydrogen-bond acceptors (Lipinski definition) is 0. The fourth-order valence-electron chi connectivity index (χ4n) is 3.14. The van der Waals surface area contributed by atoms with Crippen LogP contribution >= 0.6 is 0 Å². The average molecular weight is 238 g/mol. The Labute approximate surface area is 105 Å². The molecule has 16 heavy (non-hydrogen) atoms. The first-order valence-corrected chi connectivity index (χ1v) is 10.7. The molecule has 1 aliphatic heterocycles. The maximum atomic E-state index is 2.58. The van der Waals surface area contributed by atoms with E-state index in [0.29, 0.717) is 5.31 Å². The Morgan fingerprint density at radius 2 is 1.44 bits per heavy atom. The van der Waals surface area contributed by atoms with Crippen molar-refractivity contribution in [2.24, 2.45) is 5.92 Å². The summed E-state index contributed by atoms with van der Waals surface area (Å²) >= 11 is 0. The smallest absolute Gasteiger partial charge is 0.0740 e. The van der Waals surface area contributed by atoms with Gasteiger partial charge in [0.25, 0.3) is 0 Å². The Bertz CT molecular complexity index is 209. The minimum atomic E-state index is -0.789. The molecule has 0 aromatic heterocycles. The van der Waals surface area contributed by atoms with E-state index in [1.165, 1.54) is 25.5 Å². The van der Waals surface area contributed by atoms with Gasteiger partial charge in [0.15, 0.2) is 0 Å². The lowest BCUT2D eigenvalue weighted by Gasteiger charge is -2.38. The van der Waals surface area contributed by atoms with Crippen molar-refractivity contribution in [3.63, 3.8) is 0 Å². The van der Waals surface area contributed by atoms with Gasteiger partial charge >= 0.3 is 0 Å². The minimum absolute atomic E-state index is 0.545. The Morgan fingerprint density at radius 3 is 1.81 bits per heavy atom. The lowest BCUT2D eigenvalue weighted by molar-refractivity contribution is 0.461. The van der Waals surface area contributed by atoms with Crippen LogP contribution in [0.3, 0.4) is 0 Å². The normalized spacial score (nSPS) is 23.1. The van der Waals surface area contributed by atoms with E-state index in [0.717, 1.165) is 12.6 Å². The van der Waals surface area contributed by atoms with E-state index in [4.69, 9.17) is 0 Å². The van der Waals surface area contributed by atoms with Crippen molar-refractivity contribution in [1.82, 2.24) is 0 Å². The largest absolute Gasteiger partial charge is 0.146 e. The summed E-state index contributed by atoms with van der Waals surface area (Å²) in [7, 11) is -0.789. The molecule has 0 saturated carbocycles. The van der Waals surface area contributed by atoms with Gasteiger partial charge < -0.3 is 0 Å². The van der Waals surface area contributed by atoms with E-state index in [1.54, 1.807) is 12.1 Å². The van der Waals surface area contributed by atoms with Crippen LogP contribution in [-0.2, 0) is 0 Å². The summed E-state index contributed by atoms with van der Waals surface area (Å²) in [5.41, 5.74) is 0. The SMILES string of the molecule is CC(C)C(C)(C)B1CCC[Si](C)(C)CCC1. The lowest BCUT2D eigenvalue weighted by Crippen LogP contribution is -2.35. The third-order valence-corrected chi connectivity index (χ3v) is 8.77. The van der Waals surface area contributed by atoms with E-state index in [9.17, 15) is 0 Å². The van der Waals surface area contributed by atoms with E-state index in [2.05, 4.69) is 40.8 Å². The fraction of sp³-hybridized carbons (Fsp3) is 1.00. The third kappa shape index (κ3) is 3.65. The standard InChI is InChI=1S/C14H31BSi/c1-13(2)14(3,4)15-9-7-11-16(5,6)12-8-10-15/h13H,7-12H2,1-6H3. The zero-order valence-corrected chi connectivity index (χ0v) is 13.4. The molecule has 94 valence electrons. The second-order valence-corrected chi connectivity index (χ2v) is 13.0. The lowest BCUT2D eigenvalue weighted by atomic mass is 9.28. The molecule has 0 atom stereocenters. The van der Waals surface area contributed by atoms with E-state index >= 15 is 0 Å². The topological polar surface area (TPSA) is 0 Å². The van der Waals surface area contributed by atoms with Crippen LogP contribution in [0.4, 0.5) is 0 Å². The van der Waals surface area contributed by atoms with Gasteiger partial charge in [-0.2, -0.15) is 0 Å². The molecular formula is C14H31BSi. The van der Waals surface area contributed by atoms with E-state index < -0.39 is 8.07 Å². The van der Waals surface area contributed by atoms with Crippen molar-refractivity contribution in [2.75, 3.05) is 0 Å². The summed E-state index contributed by atoms with van der Waals surface area (Å²) in [6.45, 7) is 15.9. The molecule has 1 rings (SSSR count). The molecule has 2 heteroatoms. The van der Waals surface area contributed by atoms with Crippen LogP contribution < -0.4 is 0 Å². The Balaban J connectivity index is 2.59. The van der Waals surface area contributed by atoms with Gasteiger partial charge in [-0.3, -0.25) is 0 Å². The molecule has 1 aliphatic rings. The number of rotatable bonds is 2. The number of hydrogen-bond donors (Lipinski definition) is 0. The van der Waals surface area contributed by atoms with Crippen LogP contribution in [0.5, 0.6) is 0 Å². The van der Waals surface area contributed by atoms with Crippen LogP contribution in [0.15, 0.2) is 0 Å². The Hall–Kier alpha value is 0.282. The fourth-order valence-corrected chi connectivity index (χ4v) is 5.71. The first-order chi connectivity index (χ1) is 7.26. The van der Waals surface area contributed by atoms with Crippen molar-refractivity contribution in [1.29, 1.82) is 0 Å². The van der Waals surface area contributed by atoms with Crippen molar-refractivity contribution in [3.8, 4) is 0 Å². The Kier molecular flexibility index (Phi) is 4.74. The first-order valence-electron chi connectivity index (χ1n) is 7.26. The zero-order valence-electron chi connectivity index (χ0n) is 12.4. The second-order valence-electron chi connectivity index (χ2n) is 7.62. The van der Waals surface area contributed by atoms with Crippen LogP contribution in [0.25, 0.3) is 0 Å². The highest BCUT2D eigenvalue weighted by Crippen LogP contribution is 2.43. The van der Waals surface area contributed by atoms with Gasteiger partial charge in [0.1, 0.15) is 6.71 Å². The molecule has 0 radical (unpaired) electrons. The highest BCUT2D eigenvalue weighted by molar-refractivity contribution is 6.77. The van der Waals surface area contributed by atoms with Crippen molar-refractivity contribution in [3.05, 3.63) is 0 Å². The summed E-state index contributed by atoms with van der Waals surface area (Å²) in [6, 6.07) is 3.13. The molecule has 0 unspecified atom stereocenters. The summed E-state index contributed by atoms with van der Waals surface area (Å²) in [4.78, 5) is 0. The van der Waals surface area contributed by atoms with Gasteiger partial charge in [-0.05, 0) is 5.92 Å². The predicted octanol–water partition coefficient (Wildman–Crippen LogP) is 5.42. The van der Waals surface area contributed by atoms with Gasteiger partial charge in [-0.15, -0.1) is 0 Å². The summed E-state index contributed by atoms with van der Waals surface area (Å²) < 4.78 is 0. The van der Waals surface area contributed by atoms with Crippen LogP contribution in [0.2, 0.25) is 43.1 Å². The van der Waals surface area contributed by atoms with Gasteiger partial charge in [-0.1, -0.05) is 83.7 Å².